The van der Waals surface area contributed by atoms with Crippen LogP contribution >= 0.6 is 11.3 Å². The van der Waals surface area contributed by atoms with E-state index in [-0.39, 0.29) is 17.9 Å². The smallest absolute Gasteiger partial charge is 0.246 e. The third kappa shape index (κ3) is 5.46. The first-order chi connectivity index (χ1) is 17.9. The standard InChI is InChI=1S/C29H37N5O3S/c1-17-14-20(23-19(3)31-16-38-23)9-10-21(17)18(2)32-25(35)22-8-7-13-34(22)26(36)24(28(4,5)6)33-27(37)29(15-30)11-12-29/h9-10,14,16,18,22,24H,7-8,11-13H2,1-6H3,(H,32,35)(H,33,37)/t18?,22-,24?/m0/s1. The fourth-order valence-electron chi connectivity index (χ4n) is 5.17. The van der Waals surface area contributed by atoms with Gasteiger partial charge in [0.2, 0.25) is 17.7 Å². The largest absolute Gasteiger partial charge is 0.348 e. The Labute approximate surface area is 228 Å². The summed E-state index contributed by atoms with van der Waals surface area (Å²) in [6.07, 6.45) is 2.31. The van der Waals surface area contributed by atoms with Gasteiger partial charge < -0.3 is 15.5 Å². The number of aromatic nitrogens is 1. The molecule has 2 unspecified atom stereocenters. The van der Waals surface area contributed by atoms with Crippen LogP contribution in [0.5, 0.6) is 0 Å². The van der Waals surface area contributed by atoms with Gasteiger partial charge in [-0.15, -0.1) is 11.3 Å². The van der Waals surface area contributed by atoms with Gasteiger partial charge in [0.05, 0.1) is 28.2 Å². The molecule has 3 amide bonds. The monoisotopic (exact) mass is 535 g/mol. The number of thiazole rings is 1. The molecule has 9 heteroatoms. The van der Waals surface area contributed by atoms with E-state index in [9.17, 15) is 19.6 Å². The average Bonchev–Trinajstić information content (AvgIpc) is 3.28. The van der Waals surface area contributed by atoms with E-state index in [4.69, 9.17) is 0 Å². The summed E-state index contributed by atoms with van der Waals surface area (Å²) in [4.78, 5) is 47.0. The van der Waals surface area contributed by atoms with Gasteiger partial charge in [0.15, 0.2) is 0 Å². The van der Waals surface area contributed by atoms with E-state index >= 15 is 0 Å². The first-order valence-corrected chi connectivity index (χ1v) is 14.1. The van der Waals surface area contributed by atoms with Gasteiger partial charge in [0.25, 0.3) is 0 Å². The van der Waals surface area contributed by atoms with Crippen LogP contribution in [0.1, 0.15) is 76.2 Å². The van der Waals surface area contributed by atoms with Crippen molar-refractivity contribution < 1.29 is 14.4 Å². The van der Waals surface area contributed by atoms with Crippen LogP contribution in [0.4, 0.5) is 0 Å². The predicted octanol–water partition coefficient (Wildman–Crippen LogP) is 4.43. The Morgan fingerprint density at radius 1 is 1.21 bits per heavy atom. The van der Waals surface area contributed by atoms with Crippen molar-refractivity contribution in [3.8, 4) is 16.5 Å². The molecule has 0 spiro atoms. The number of nitrogens with zero attached hydrogens (tertiary/aromatic N) is 3. The molecule has 3 atom stereocenters. The molecule has 2 N–H and O–H groups in total. The van der Waals surface area contributed by atoms with Gasteiger partial charge in [-0.25, -0.2) is 4.98 Å². The lowest BCUT2D eigenvalue weighted by molar-refractivity contribution is -0.144. The lowest BCUT2D eigenvalue weighted by Gasteiger charge is -2.36. The maximum absolute atomic E-state index is 13.7. The Balaban J connectivity index is 1.46. The zero-order valence-electron chi connectivity index (χ0n) is 23.1. The normalized spacial score (nSPS) is 19.8. The van der Waals surface area contributed by atoms with Gasteiger partial charge in [-0.3, -0.25) is 14.4 Å². The van der Waals surface area contributed by atoms with Gasteiger partial charge in [0, 0.05) is 6.54 Å². The van der Waals surface area contributed by atoms with E-state index in [0.717, 1.165) is 27.3 Å². The molecule has 0 bridgehead atoms. The number of likely N-dealkylation sites (tertiary alicyclic amines) is 1. The van der Waals surface area contributed by atoms with Gasteiger partial charge in [0.1, 0.15) is 17.5 Å². The third-order valence-corrected chi connectivity index (χ3v) is 8.71. The van der Waals surface area contributed by atoms with E-state index in [0.29, 0.717) is 32.2 Å². The lowest BCUT2D eigenvalue weighted by atomic mass is 9.85. The highest BCUT2D eigenvalue weighted by Gasteiger charge is 2.53. The number of rotatable bonds is 7. The van der Waals surface area contributed by atoms with E-state index < -0.39 is 28.8 Å². The Morgan fingerprint density at radius 3 is 2.47 bits per heavy atom. The molecule has 2 aromatic rings. The molecule has 202 valence electrons. The predicted molar refractivity (Wildman–Crippen MR) is 147 cm³/mol. The van der Waals surface area contributed by atoms with Crippen LogP contribution in [0.3, 0.4) is 0 Å². The highest BCUT2D eigenvalue weighted by Crippen LogP contribution is 2.45. The Bertz CT molecular complexity index is 1280. The summed E-state index contributed by atoms with van der Waals surface area (Å²) >= 11 is 1.61. The fraction of sp³-hybridized carbons (Fsp3) is 0.552. The minimum absolute atomic E-state index is 0.195. The third-order valence-electron chi connectivity index (χ3n) is 7.73. The maximum Gasteiger partial charge on any atom is 0.246 e. The van der Waals surface area contributed by atoms with E-state index in [1.54, 1.807) is 16.2 Å². The molecule has 38 heavy (non-hydrogen) atoms. The first-order valence-electron chi connectivity index (χ1n) is 13.2. The lowest BCUT2D eigenvalue weighted by Crippen LogP contribution is -2.58. The number of benzene rings is 1. The van der Waals surface area contributed by atoms with Gasteiger partial charge in [-0.05, 0) is 68.6 Å². The molecular formula is C29H37N5O3S. The summed E-state index contributed by atoms with van der Waals surface area (Å²) in [6, 6.07) is 6.66. The molecule has 1 aliphatic carbocycles. The highest BCUT2D eigenvalue weighted by molar-refractivity contribution is 7.13. The fourth-order valence-corrected chi connectivity index (χ4v) is 5.97. The number of nitriles is 1. The van der Waals surface area contributed by atoms with Crippen molar-refractivity contribution in [1.82, 2.24) is 20.5 Å². The van der Waals surface area contributed by atoms with Crippen LogP contribution < -0.4 is 10.6 Å². The number of aryl methyl sites for hydroxylation is 2. The number of amides is 3. The molecule has 4 rings (SSSR count). The quantitative estimate of drug-likeness (QED) is 0.544. The van der Waals surface area contributed by atoms with Crippen LogP contribution in [0.15, 0.2) is 23.7 Å². The Morgan fingerprint density at radius 2 is 1.92 bits per heavy atom. The minimum atomic E-state index is -1.02. The second-order valence-corrected chi connectivity index (χ2v) is 12.6. The summed E-state index contributed by atoms with van der Waals surface area (Å²) in [5.41, 5.74) is 4.44. The molecule has 1 aromatic heterocycles. The first kappa shape index (κ1) is 27.8. The summed E-state index contributed by atoms with van der Waals surface area (Å²) in [5.74, 6) is -0.861. The number of nitrogens with one attached hydrogen (secondary N) is 2. The molecule has 2 fully saturated rings. The second kappa shape index (κ2) is 10.5. The van der Waals surface area contributed by atoms with Crippen molar-refractivity contribution in [3.63, 3.8) is 0 Å². The summed E-state index contributed by atoms with van der Waals surface area (Å²) in [5, 5.41) is 15.4. The average molecular weight is 536 g/mol. The van der Waals surface area contributed by atoms with Crippen LogP contribution in [-0.4, -0.2) is 46.2 Å². The van der Waals surface area contributed by atoms with Gasteiger partial charge >= 0.3 is 0 Å². The topological polar surface area (TPSA) is 115 Å². The molecule has 1 saturated heterocycles. The number of hydrogen-bond donors (Lipinski definition) is 2. The Kier molecular flexibility index (Phi) is 7.67. The second-order valence-electron chi connectivity index (χ2n) is 11.7. The number of hydrogen-bond acceptors (Lipinski definition) is 6. The summed E-state index contributed by atoms with van der Waals surface area (Å²) in [6.45, 7) is 12.1. The molecular weight excluding hydrogens is 498 g/mol. The maximum atomic E-state index is 13.7. The van der Waals surface area contributed by atoms with Crippen LogP contribution in [0.25, 0.3) is 10.4 Å². The molecule has 1 aliphatic heterocycles. The summed E-state index contributed by atoms with van der Waals surface area (Å²) in [7, 11) is 0. The van der Waals surface area contributed by atoms with Crippen molar-refractivity contribution in [2.24, 2.45) is 10.8 Å². The zero-order valence-corrected chi connectivity index (χ0v) is 23.9. The summed E-state index contributed by atoms with van der Waals surface area (Å²) < 4.78 is 0. The number of carbonyl (C=O) groups excluding carboxylic acids is 3. The van der Waals surface area contributed by atoms with Crippen molar-refractivity contribution in [1.29, 1.82) is 5.26 Å². The number of carbonyl (C=O) groups is 3. The van der Waals surface area contributed by atoms with Gasteiger partial charge in [-0.2, -0.15) is 5.26 Å². The molecule has 8 nitrogen and oxygen atoms in total. The highest BCUT2D eigenvalue weighted by atomic mass is 32.1. The SMILES string of the molecule is Cc1cc(-c2scnc2C)ccc1C(C)NC(=O)[C@@H]1CCCN1C(=O)C(NC(=O)C1(C#N)CC1)C(C)(C)C. The van der Waals surface area contributed by atoms with E-state index in [1.165, 1.54) is 0 Å². The molecule has 1 aromatic carbocycles. The van der Waals surface area contributed by atoms with Crippen molar-refractivity contribution in [2.45, 2.75) is 85.4 Å². The van der Waals surface area contributed by atoms with Crippen molar-refractivity contribution >= 4 is 29.1 Å². The van der Waals surface area contributed by atoms with Crippen molar-refractivity contribution in [3.05, 3.63) is 40.5 Å². The molecule has 2 heterocycles. The minimum Gasteiger partial charge on any atom is -0.348 e. The Hall–Kier alpha value is -3.25. The van der Waals surface area contributed by atoms with Crippen LogP contribution in [0, 0.1) is 36.0 Å². The van der Waals surface area contributed by atoms with Gasteiger partial charge in [-0.1, -0.05) is 39.0 Å². The molecule has 2 aliphatic rings. The van der Waals surface area contributed by atoms with Crippen LogP contribution in [0.2, 0.25) is 0 Å². The van der Waals surface area contributed by atoms with E-state index in [2.05, 4.69) is 33.8 Å². The molecule has 1 saturated carbocycles. The van der Waals surface area contributed by atoms with E-state index in [1.807, 2.05) is 53.1 Å². The van der Waals surface area contributed by atoms with Crippen molar-refractivity contribution in [2.75, 3.05) is 6.54 Å². The molecule has 0 radical (unpaired) electrons. The zero-order chi connectivity index (χ0) is 27.8. The van der Waals surface area contributed by atoms with Crippen LogP contribution in [-0.2, 0) is 14.4 Å².